The average Bonchev–Trinajstić information content (AvgIpc) is 2.39. The van der Waals surface area contributed by atoms with Crippen molar-refractivity contribution < 1.29 is 9.84 Å². The van der Waals surface area contributed by atoms with Gasteiger partial charge in [0.25, 0.3) is 0 Å². The summed E-state index contributed by atoms with van der Waals surface area (Å²) in [5.74, 6) is 0.793. The molecule has 1 aromatic rings. The van der Waals surface area contributed by atoms with E-state index in [4.69, 9.17) is 16.3 Å². The van der Waals surface area contributed by atoms with Gasteiger partial charge in [0.2, 0.25) is 0 Å². The Morgan fingerprint density at radius 2 is 2.05 bits per heavy atom. The zero-order valence-electron chi connectivity index (χ0n) is 11.6. The van der Waals surface area contributed by atoms with Crippen molar-refractivity contribution in [1.29, 1.82) is 0 Å². The molecule has 1 aromatic carbocycles. The van der Waals surface area contributed by atoms with Gasteiger partial charge in [-0.1, -0.05) is 44.2 Å². The zero-order valence-corrected chi connectivity index (χ0v) is 12.3. The maximum Gasteiger partial charge on any atom is 0.125 e. The summed E-state index contributed by atoms with van der Waals surface area (Å²) in [6, 6.07) is 5.49. The highest BCUT2D eigenvalue weighted by atomic mass is 35.5. The van der Waals surface area contributed by atoms with Gasteiger partial charge in [0, 0.05) is 17.0 Å². The number of aliphatic hydroxyl groups excluding tert-OH is 1. The largest absolute Gasteiger partial charge is 0.490 e. The number of benzene rings is 1. The molecule has 2 rings (SSSR count). The maximum atomic E-state index is 10.2. The number of halogens is 1. The van der Waals surface area contributed by atoms with E-state index in [0.29, 0.717) is 11.4 Å². The first-order valence-corrected chi connectivity index (χ1v) is 7.72. The molecule has 0 spiro atoms. The molecule has 1 aliphatic rings. The Labute approximate surface area is 120 Å². The van der Waals surface area contributed by atoms with E-state index >= 15 is 0 Å². The fourth-order valence-corrected chi connectivity index (χ4v) is 2.82. The molecule has 106 valence electrons. The van der Waals surface area contributed by atoms with Crippen molar-refractivity contribution >= 4 is 11.6 Å². The van der Waals surface area contributed by atoms with E-state index in [-0.39, 0.29) is 6.10 Å². The van der Waals surface area contributed by atoms with Gasteiger partial charge in [-0.2, -0.15) is 0 Å². The van der Waals surface area contributed by atoms with E-state index in [1.54, 1.807) is 6.07 Å². The first-order valence-electron chi connectivity index (χ1n) is 7.35. The lowest BCUT2D eigenvalue weighted by molar-refractivity contribution is 0.0605. The van der Waals surface area contributed by atoms with Crippen LogP contribution in [-0.4, -0.2) is 11.2 Å². The molecular formula is C16H23ClO2. The molecule has 1 unspecified atom stereocenters. The monoisotopic (exact) mass is 282 g/mol. The van der Waals surface area contributed by atoms with Gasteiger partial charge in [-0.3, -0.25) is 0 Å². The maximum absolute atomic E-state index is 10.2. The van der Waals surface area contributed by atoms with Crippen LogP contribution in [0, 0.1) is 0 Å². The van der Waals surface area contributed by atoms with E-state index in [2.05, 4.69) is 6.92 Å². The van der Waals surface area contributed by atoms with Crippen LogP contribution in [-0.2, 0) is 0 Å². The third-order valence-corrected chi connectivity index (χ3v) is 3.98. The summed E-state index contributed by atoms with van der Waals surface area (Å²) in [5, 5.41) is 10.8. The molecule has 19 heavy (non-hydrogen) atoms. The quantitative estimate of drug-likeness (QED) is 0.753. The number of fused-ring (bicyclic) bond motifs is 1. The Morgan fingerprint density at radius 3 is 2.84 bits per heavy atom. The van der Waals surface area contributed by atoms with Gasteiger partial charge >= 0.3 is 0 Å². The van der Waals surface area contributed by atoms with E-state index in [1.165, 1.54) is 32.1 Å². The van der Waals surface area contributed by atoms with E-state index < -0.39 is 6.10 Å². The molecule has 3 heteroatoms. The second-order valence-electron chi connectivity index (χ2n) is 5.38. The number of aliphatic hydroxyl groups is 1. The second kappa shape index (κ2) is 7.16. The SMILES string of the molecule is CCCCCCCC1C[C@H](O)c2cc(Cl)ccc2O1. The van der Waals surface area contributed by atoms with Crippen molar-refractivity contribution in [2.24, 2.45) is 0 Å². The van der Waals surface area contributed by atoms with Gasteiger partial charge in [-0.15, -0.1) is 0 Å². The van der Waals surface area contributed by atoms with Crippen LogP contribution in [0.2, 0.25) is 5.02 Å². The molecule has 0 aliphatic carbocycles. The van der Waals surface area contributed by atoms with E-state index in [0.717, 1.165) is 17.7 Å². The van der Waals surface area contributed by atoms with Gasteiger partial charge in [-0.25, -0.2) is 0 Å². The lowest BCUT2D eigenvalue weighted by Gasteiger charge is -2.29. The van der Waals surface area contributed by atoms with Gasteiger partial charge in [-0.05, 0) is 31.0 Å². The smallest absolute Gasteiger partial charge is 0.125 e. The zero-order chi connectivity index (χ0) is 13.7. The van der Waals surface area contributed by atoms with Crippen LogP contribution < -0.4 is 4.74 Å². The summed E-state index contributed by atoms with van der Waals surface area (Å²) in [6.07, 6.45) is 7.75. The van der Waals surface area contributed by atoms with Crippen LogP contribution in [0.25, 0.3) is 0 Å². The number of rotatable bonds is 6. The predicted molar refractivity (Wildman–Crippen MR) is 78.8 cm³/mol. The average molecular weight is 283 g/mol. The number of hydrogen-bond acceptors (Lipinski definition) is 2. The summed E-state index contributed by atoms with van der Waals surface area (Å²) in [4.78, 5) is 0. The first kappa shape index (κ1) is 14.7. The molecule has 0 saturated heterocycles. The Kier molecular flexibility index (Phi) is 5.53. The highest BCUT2D eigenvalue weighted by molar-refractivity contribution is 6.30. The molecule has 1 heterocycles. The van der Waals surface area contributed by atoms with Crippen molar-refractivity contribution in [1.82, 2.24) is 0 Å². The van der Waals surface area contributed by atoms with Gasteiger partial charge < -0.3 is 9.84 Å². The van der Waals surface area contributed by atoms with Gasteiger partial charge in [0.1, 0.15) is 11.9 Å². The van der Waals surface area contributed by atoms with E-state index in [1.807, 2.05) is 12.1 Å². The molecule has 0 aromatic heterocycles. The minimum absolute atomic E-state index is 0.144. The summed E-state index contributed by atoms with van der Waals surface area (Å²) in [7, 11) is 0. The minimum Gasteiger partial charge on any atom is -0.490 e. The van der Waals surface area contributed by atoms with Crippen molar-refractivity contribution in [3.05, 3.63) is 28.8 Å². The fourth-order valence-electron chi connectivity index (χ4n) is 2.64. The lowest BCUT2D eigenvalue weighted by atomic mass is 9.96. The standard InChI is InChI=1S/C16H23ClO2/c1-2-3-4-5-6-7-13-11-15(18)14-10-12(17)8-9-16(14)19-13/h8-10,13,15,18H,2-7,11H2,1H3/t13?,15-/m0/s1. The number of unbranched alkanes of at least 4 members (excludes halogenated alkanes) is 4. The van der Waals surface area contributed by atoms with Crippen LogP contribution in [0.3, 0.4) is 0 Å². The van der Waals surface area contributed by atoms with Crippen LogP contribution in [0.4, 0.5) is 0 Å². The molecule has 0 bridgehead atoms. The lowest BCUT2D eigenvalue weighted by Crippen LogP contribution is -2.25. The minimum atomic E-state index is -0.442. The van der Waals surface area contributed by atoms with Gasteiger partial charge in [0.15, 0.2) is 0 Å². The van der Waals surface area contributed by atoms with Crippen molar-refractivity contribution in [2.75, 3.05) is 0 Å². The first-order chi connectivity index (χ1) is 9.20. The predicted octanol–water partition coefficient (Wildman–Crippen LogP) is 4.89. The summed E-state index contributed by atoms with van der Waals surface area (Å²) in [5.41, 5.74) is 0.828. The molecule has 0 fully saturated rings. The molecule has 2 nitrogen and oxygen atoms in total. The normalized spacial score (nSPS) is 21.8. The molecule has 0 radical (unpaired) electrons. The molecule has 0 amide bonds. The van der Waals surface area contributed by atoms with E-state index in [9.17, 15) is 5.11 Å². The second-order valence-corrected chi connectivity index (χ2v) is 5.81. The Hall–Kier alpha value is -0.730. The van der Waals surface area contributed by atoms with Crippen molar-refractivity contribution in [3.8, 4) is 5.75 Å². The van der Waals surface area contributed by atoms with Crippen LogP contribution in [0.5, 0.6) is 5.75 Å². The Balaban J connectivity index is 1.85. The topological polar surface area (TPSA) is 29.5 Å². The molecule has 2 atom stereocenters. The summed E-state index contributed by atoms with van der Waals surface area (Å²) in [6.45, 7) is 2.22. The third-order valence-electron chi connectivity index (χ3n) is 3.74. The van der Waals surface area contributed by atoms with Crippen LogP contribution in [0.15, 0.2) is 18.2 Å². The summed E-state index contributed by atoms with van der Waals surface area (Å²) < 4.78 is 5.95. The highest BCUT2D eigenvalue weighted by Crippen LogP contribution is 2.37. The number of ether oxygens (including phenoxy) is 1. The van der Waals surface area contributed by atoms with Gasteiger partial charge in [0.05, 0.1) is 6.10 Å². The Bertz CT molecular complexity index is 406. The van der Waals surface area contributed by atoms with Crippen molar-refractivity contribution in [2.45, 2.75) is 64.1 Å². The van der Waals surface area contributed by atoms with Crippen molar-refractivity contribution in [3.63, 3.8) is 0 Å². The molecule has 1 N–H and O–H groups in total. The Morgan fingerprint density at radius 1 is 1.26 bits per heavy atom. The van der Waals surface area contributed by atoms with Crippen LogP contribution >= 0.6 is 11.6 Å². The molecule has 0 saturated carbocycles. The molecule has 1 aliphatic heterocycles. The summed E-state index contributed by atoms with van der Waals surface area (Å²) >= 11 is 5.94. The molecular weight excluding hydrogens is 260 g/mol. The highest BCUT2D eigenvalue weighted by Gasteiger charge is 2.26. The third kappa shape index (κ3) is 4.12. The number of hydrogen-bond donors (Lipinski definition) is 1. The van der Waals surface area contributed by atoms with Crippen LogP contribution in [0.1, 0.15) is 63.5 Å². The fraction of sp³-hybridized carbons (Fsp3) is 0.625.